The molecule has 14 heavy (non-hydrogen) atoms. The minimum absolute atomic E-state index is 0.0321. The Balaban J connectivity index is 3.03. The molecule has 1 aliphatic rings. The molecule has 0 aromatic rings. The van der Waals surface area contributed by atoms with Crippen molar-refractivity contribution in [1.82, 2.24) is 0 Å². The van der Waals surface area contributed by atoms with Crippen LogP contribution in [0.5, 0.6) is 0 Å². The number of hydrogen-bond acceptors (Lipinski definition) is 4. The first-order valence-electron chi connectivity index (χ1n) is 4.55. The SMILES string of the molecule is CCC(C)C1N=C(N)C(C(N)=O)=C1O. The van der Waals surface area contributed by atoms with Crippen LogP contribution in [-0.4, -0.2) is 22.9 Å². The lowest BCUT2D eigenvalue weighted by Gasteiger charge is -2.14. The second-order valence-corrected chi connectivity index (χ2v) is 3.47. The largest absolute Gasteiger partial charge is 0.509 e. The fourth-order valence-corrected chi connectivity index (χ4v) is 1.43. The van der Waals surface area contributed by atoms with Gasteiger partial charge in [-0.25, -0.2) is 0 Å². The second kappa shape index (κ2) is 3.69. The summed E-state index contributed by atoms with van der Waals surface area (Å²) in [5.41, 5.74) is 10.5. The van der Waals surface area contributed by atoms with Gasteiger partial charge in [0, 0.05) is 0 Å². The lowest BCUT2D eigenvalue weighted by atomic mass is 9.97. The van der Waals surface area contributed by atoms with E-state index >= 15 is 0 Å². The Hall–Kier alpha value is -1.52. The van der Waals surface area contributed by atoms with Gasteiger partial charge in [0.25, 0.3) is 5.91 Å². The number of primary amides is 1. The zero-order chi connectivity index (χ0) is 10.9. The monoisotopic (exact) mass is 197 g/mol. The molecule has 1 amide bonds. The molecule has 5 nitrogen and oxygen atoms in total. The molecule has 1 aliphatic heterocycles. The standard InChI is InChI=1S/C9H15N3O2/c1-3-4(2)6-7(13)5(9(11)14)8(10)12-6/h4,6,13H,3H2,1-2H3,(H2,10,12)(H2,11,14). The van der Waals surface area contributed by atoms with Crippen molar-refractivity contribution < 1.29 is 9.90 Å². The van der Waals surface area contributed by atoms with Crippen molar-refractivity contribution in [1.29, 1.82) is 0 Å². The summed E-state index contributed by atoms with van der Waals surface area (Å²) < 4.78 is 0. The van der Waals surface area contributed by atoms with Gasteiger partial charge in [0.05, 0.1) is 0 Å². The van der Waals surface area contributed by atoms with Crippen molar-refractivity contribution in [3.8, 4) is 0 Å². The average Bonchev–Trinajstić information content (AvgIpc) is 2.40. The Labute approximate surface area is 82.5 Å². The molecule has 0 aromatic carbocycles. The van der Waals surface area contributed by atoms with Crippen molar-refractivity contribution in [3.05, 3.63) is 11.3 Å². The molecule has 0 bridgehead atoms. The Bertz CT molecular complexity index is 320. The summed E-state index contributed by atoms with van der Waals surface area (Å²) in [5.74, 6) is -0.635. The smallest absolute Gasteiger partial charge is 0.255 e. The Kier molecular flexibility index (Phi) is 2.78. The highest BCUT2D eigenvalue weighted by atomic mass is 16.3. The van der Waals surface area contributed by atoms with Crippen LogP contribution in [0.1, 0.15) is 20.3 Å². The van der Waals surface area contributed by atoms with Crippen LogP contribution in [0.3, 0.4) is 0 Å². The Morgan fingerprint density at radius 3 is 2.64 bits per heavy atom. The van der Waals surface area contributed by atoms with Crippen LogP contribution < -0.4 is 11.5 Å². The van der Waals surface area contributed by atoms with Gasteiger partial charge < -0.3 is 16.6 Å². The third kappa shape index (κ3) is 1.57. The van der Waals surface area contributed by atoms with E-state index in [1.165, 1.54) is 0 Å². The predicted molar refractivity (Wildman–Crippen MR) is 53.7 cm³/mol. The first kappa shape index (κ1) is 10.6. The lowest BCUT2D eigenvalue weighted by Crippen LogP contribution is -2.25. The van der Waals surface area contributed by atoms with E-state index in [1.807, 2.05) is 13.8 Å². The van der Waals surface area contributed by atoms with Crippen LogP contribution in [-0.2, 0) is 4.79 Å². The first-order valence-corrected chi connectivity index (χ1v) is 4.55. The zero-order valence-electron chi connectivity index (χ0n) is 8.32. The lowest BCUT2D eigenvalue weighted by molar-refractivity contribution is -0.114. The average molecular weight is 197 g/mol. The van der Waals surface area contributed by atoms with Crippen LogP contribution in [0.2, 0.25) is 0 Å². The highest BCUT2D eigenvalue weighted by Gasteiger charge is 2.32. The highest BCUT2D eigenvalue weighted by molar-refractivity contribution is 6.21. The number of hydrogen-bond donors (Lipinski definition) is 3. The summed E-state index contributed by atoms with van der Waals surface area (Å²) in [6.45, 7) is 3.91. The van der Waals surface area contributed by atoms with Crippen LogP contribution in [0.4, 0.5) is 0 Å². The Morgan fingerprint density at radius 2 is 2.29 bits per heavy atom. The Morgan fingerprint density at radius 1 is 1.71 bits per heavy atom. The van der Waals surface area contributed by atoms with Crippen molar-refractivity contribution in [3.63, 3.8) is 0 Å². The second-order valence-electron chi connectivity index (χ2n) is 3.47. The van der Waals surface area contributed by atoms with Crippen LogP contribution >= 0.6 is 0 Å². The zero-order valence-corrected chi connectivity index (χ0v) is 8.32. The number of aliphatic hydroxyl groups is 1. The van der Waals surface area contributed by atoms with Gasteiger partial charge in [-0.1, -0.05) is 20.3 Å². The predicted octanol–water partition coefficient (Wildman–Crippen LogP) is 0.0693. The normalized spacial score (nSPS) is 23.6. The third-order valence-electron chi connectivity index (χ3n) is 2.50. The van der Waals surface area contributed by atoms with Crippen LogP contribution in [0.15, 0.2) is 16.3 Å². The number of carbonyl (C=O) groups is 1. The number of carbonyl (C=O) groups excluding carboxylic acids is 1. The molecule has 1 rings (SSSR count). The molecule has 0 saturated heterocycles. The maximum absolute atomic E-state index is 10.9. The number of rotatable bonds is 3. The van der Waals surface area contributed by atoms with E-state index in [0.29, 0.717) is 0 Å². The van der Waals surface area contributed by atoms with Gasteiger partial charge in [-0.2, -0.15) is 0 Å². The minimum Gasteiger partial charge on any atom is -0.509 e. The van der Waals surface area contributed by atoms with E-state index in [9.17, 15) is 9.90 Å². The van der Waals surface area contributed by atoms with Crippen molar-refractivity contribution >= 4 is 11.7 Å². The molecule has 0 saturated carbocycles. The van der Waals surface area contributed by atoms with E-state index in [0.717, 1.165) is 6.42 Å². The van der Waals surface area contributed by atoms with Crippen LogP contribution in [0.25, 0.3) is 0 Å². The summed E-state index contributed by atoms with van der Waals surface area (Å²) >= 11 is 0. The molecule has 1 heterocycles. The molecule has 5 heteroatoms. The van der Waals surface area contributed by atoms with Crippen LogP contribution in [0, 0.1) is 5.92 Å². The van der Waals surface area contributed by atoms with Crippen molar-refractivity contribution in [2.75, 3.05) is 0 Å². The number of amides is 1. The summed E-state index contributed by atoms with van der Waals surface area (Å²) in [7, 11) is 0. The summed E-state index contributed by atoms with van der Waals surface area (Å²) in [5, 5.41) is 9.68. The van der Waals surface area contributed by atoms with E-state index in [-0.39, 0.29) is 23.1 Å². The quantitative estimate of drug-likeness (QED) is 0.596. The molecular formula is C9H15N3O2. The fourth-order valence-electron chi connectivity index (χ4n) is 1.43. The number of nitrogens with two attached hydrogens (primary N) is 2. The minimum atomic E-state index is -0.727. The summed E-state index contributed by atoms with van der Waals surface area (Å²) in [4.78, 5) is 14.9. The highest BCUT2D eigenvalue weighted by Crippen LogP contribution is 2.25. The molecule has 0 spiro atoms. The molecule has 2 unspecified atom stereocenters. The molecule has 5 N–H and O–H groups in total. The van der Waals surface area contributed by atoms with Gasteiger partial charge in [0.15, 0.2) is 0 Å². The number of aliphatic imine (C=N–C) groups is 1. The number of aliphatic hydroxyl groups excluding tert-OH is 1. The fraction of sp³-hybridized carbons (Fsp3) is 0.556. The van der Waals surface area contributed by atoms with E-state index in [1.54, 1.807) is 0 Å². The topological polar surface area (TPSA) is 102 Å². The number of amidine groups is 1. The van der Waals surface area contributed by atoms with Crippen molar-refractivity contribution in [2.24, 2.45) is 22.4 Å². The third-order valence-corrected chi connectivity index (χ3v) is 2.50. The van der Waals surface area contributed by atoms with Gasteiger partial charge in [0.2, 0.25) is 0 Å². The molecule has 2 atom stereocenters. The number of nitrogens with zero attached hydrogens (tertiary/aromatic N) is 1. The van der Waals surface area contributed by atoms with Gasteiger partial charge in [-0.3, -0.25) is 9.79 Å². The molecule has 78 valence electrons. The maximum Gasteiger partial charge on any atom is 0.255 e. The van der Waals surface area contributed by atoms with E-state index in [4.69, 9.17) is 11.5 Å². The first-order chi connectivity index (χ1) is 6.49. The maximum atomic E-state index is 10.9. The van der Waals surface area contributed by atoms with Gasteiger partial charge in [0.1, 0.15) is 23.2 Å². The van der Waals surface area contributed by atoms with Gasteiger partial charge in [-0.15, -0.1) is 0 Å². The molecule has 0 fully saturated rings. The van der Waals surface area contributed by atoms with Gasteiger partial charge >= 0.3 is 0 Å². The van der Waals surface area contributed by atoms with E-state index < -0.39 is 11.9 Å². The molecular weight excluding hydrogens is 182 g/mol. The van der Waals surface area contributed by atoms with Crippen molar-refractivity contribution in [2.45, 2.75) is 26.3 Å². The van der Waals surface area contributed by atoms with Gasteiger partial charge in [-0.05, 0) is 5.92 Å². The molecule has 0 radical (unpaired) electrons. The van der Waals surface area contributed by atoms with E-state index in [2.05, 4.69) is 4.99 Å². The summed E-state index contributed by atoms with van der Waals surface area (Å²) in [6, 6.07) is -0.414. The summed E-state index contributed by atoms with van der Waals surface area (Å²) in [6.07, 6.45) is 0.845. The molecule has 0 aliphatic carbocycles. The molecule has 0 aromatic heterocycles.